The van der Waals surface area contributed by atoms with Gasteiger partial charge < -0.3 is 26.0 Å². The highest BCUT2D eigenvalue weighted by Gasteiger charge is 2.21. The molecule has 0 unspecified atom stereocenters. The minimum absolute atomic E-state index is 0.00208. The average Bonchev–Trinajstić information content (AvgIpc) is 3.48. The van der Waals surface area contributed by atoms with Gasteiger partial charge in [-0.25, -0.2) is 18.4 Å². The molecule has 0 fully saturated rings. The molecule has 45 heavy (non-hydrogen) atoms. The number of hydrogen-bond donors (Lipinski definition) is 5. The molecule has 0 saturated carbocycles. The Labute approximate surface area is 250 Å². The maximum Gasteiger partial charge on any atom is 0.337 e. The monoisotopic (exact) mass is 618 g/mol. The molecule has 228 valence electrons. The van der Waals surface area contributed by atoms with Crippen molar-refractivity contribution in [1.82, 2.24) is 30.2 Å². The lowest BCUT2D eigenvalue weighted by Crippen LogP contribution is -2.18. The number of nitrogens with one attached hydrogen (secondary N) is 2. The summed E-state index contributed by atoms with van der Waals surface area (Å²) in [6.45, 7) is 0. The first-order valence-corrected chi connectivity index (χ1v) is 12.9. The van der Waals surface area contributed by atoms with E-state index >= 15 is 0 Å². The van der Waals surface area contributed by atoms with Crippen LogP contribution in [-0.2, 0) is 12.8 Å². The van der Waals surface area contributed by atoms with Gasteiger partial charge in [0.25, 0.3) is 11.8 Å². The van der Waals surface area contributed by atoms with Gasteiger partial charge in [-0.15, -0.1) is 25.0 Å². The van der Waals surface area contributed by atoms with E-state index in [-0.39, 0.29) is 53.2 Å². The summed E-state index contributed by atoms with van der Waals surface area (Å²) in [6, 6.07) is 8.91. The number of aromatic hydroxyl groups is 1. The zero-order valence-electron chi connectivity index (χ0n) is 22.7. The number of hydrogen-bond acceptors (Lipinski definition) is 10. The van der Waals surface area contributed by atoms with Gasteiger partial charge in [0.05, 0.1) is 28.7 Å². The Morgan fingerprint density at radius 1 is 0.756 bits per heavy atom. The second kappa shape index (κ2) is 12.5. The van der Waals surface area contributed by atoms with Crippen LogP contribution in [0.15, 0.2) is 54.7 Å². The Morgan fingerprint density at radius 3 is 1.84 bits per heavy atom. The summed E-state index contributed by atoms with van der Waals surface area (Å²) in [7, 11) is 0. The van der Waals surface area contributed by atoms with E-state index in [9.17, 15) is 43.3 Å². The van der Waals surface area contributed by atoms with Crippen LogP contribution in [0.5, 0.6) is 5.88 Å². The van der Waals surface area contributed by atoms with Crippen LogP contribution in [0.2, 0.25) is 0 Å². The first kappa shape index (κ1) is 30.1. The van der Waals surface area contributed by atoms with Gasteiger partial charge in [0, 0.05) is 6.07 Å². The van der Waals surface area contributed by atoms with Gasteiger partial charge >= 0.3 is 11.9 Å². The number of aromatic carboxylic acids is 2. The third-order valence-electron chi connectivity index (χ3n) is 6.51. The van der Waals surface area contributed by atoms with Gasteiger partial charge in [0.2, 0.25) is 5.88 Å². The van der Waals surface area contributed by atoms with Gasteiger partial charge in [-0.2, -0.15) is 0 Å². The molecule has 5 aromatic rings. The van der Waals surface area contributed by atoms with Crippen molar-refractivity contribution in [3.8, 4) is 5.88 Å². The van der Waals surface area contributed by atoms with E-state index in [0.717, 1.165) is 41.0 Å². The quantitative estimate of drug-likeness (QED) is 0.152. The first-order valence-electron chi connectivity index (χ1n) is 12.9. The van der Waals surface area contributed by atoms with Crippen molar-refractivity contribution in [2.75, 3.05) is 10.6 Å². The summed E-state index contributed by atoms with van der Waals surface area (Å²) in [4.78, 5) is 48.9. The summed E-state index contributed by atoms with van der Waals surface area (Å²) in [5, 5.41) is 51.3. The molecule has 2 aromatic carbocycles. The Balaban J connectivity index is 1.34. The number of fused-ring (bicyclic) bond motifs is 1. The van der Waals surface area contributed by atoms with Gasteiger partial charge in [-0.3, -0.25) is 9.59 Å². The lowest BCUT2D eigenvalue weighted by molar-refractivity contribution is 0.0686. The number of carboxylic acids is 2. The van der Waals surface area contributed by atoms with E-state index in [4.69, 9.17) is 0 Å². The van der Waals surface area contributed by atoms with E-state index in [2.05, 4.69) is 36.2 Å². The smallest absolute Gasteiger partial charge is 0.337 e. The van der Waals surface area contributed by atoms with Crippen molar-refractivity contribution in [2.24, 2.45) is 0 Å². The van der Waals surface area contributed by atoms with Gasteiger partial charge in [0.1, 0.15) is 17.2 Å². The van der Waals surface area contributed by atoms with Crippen molar-refractivity contribution in [3.63, 3.8) is 0 Å². The number of amides is 2. The van der Waals surface area contributed by atoms with Crippen molar-refractivity contribution < 1.29 is 43.3 Å². The molecule has 0 atom stereocenters. The molecule has 0 saturated heterocycles. The third kappa shape index (κ3) is 6.66. The van der Waals surface area contributed by atoms with Gasteiger partial charge in [-0.1, -0.05) is 0 Å². The molecular weight excluding hydrogens is 598 g/mol. The second-order valence-electron chi connectivity index (χ2n) is 9.49. The highest BCUT2D eigenvalue weighted by Crippen LogP contribution is 2.26. The number of anilines is 2. The molecule has 0 aliphatic heterocycles. The van der Waals surface area contributed by atoms with Crippen LogP contribution in [0.3, 0.4) is 0 Å². The van der Waals surface area contributed by atoms with Crippen LogP contribution < -0.4 is 10.6 Å². The van der Waals surface area contributed by atoms with Crippen molar-refractivity contribution in [3.05, 3.63) is 100 Å². The summed E-state index contributed by atoms with van der Waals surface area (Å²) in [5.74, 6) is -6.87. The van der Waals surface area contributed by atoms with Crippen molar-refractivity contribution >= 4 is 40.6 Å². The maximum atomic E-state index is 14.9. The Morgan fingerprint density at radius 2 is 1.31 bits per heavy atom. The molecule has 3 heterocycles. The number of nitrogens with zero attached hydrogens (tertiary/aromatic N) is 6. The topological polar surface area (TPSA) is 222 Å². The predicted molar refractivity (Wildman–Crippen MR) is 149 cm³/mol. The van der Waals surface area contributed by atoms with Crippen LogP contribution in [0.25, 0.3) is 5.52 Å². The number of benzene rings is 2. The standard InChI is InChI=1S/C28H20F2N8O7/c29-18-10-16(27(42)43)22(32-25(40)20-6-7-24(39)35-34-20)8-13(18)2-1-3-14-9-23(17(28(44)45)11-19(14)30)33-26(41)21-5-4-15-12-31-37-38(15)36-21/h4-12H,1-3H2,(H,32,40)(H,33,41)(H,35,39)(H,42,43)(H,44,45). The largest absolute Gasteiger partial charge is 0.492 e. The van der Waals surface area contributed by atoms with Crippen LogP contribution >= 0.6 is 0 Å². The molecular formula is C28H20F2N8O7. The van der Waals surface area contributed by atoms with Crippen molar-refractivity contribution in [1.29, 1.82) is 0 Å². The summed E-state index contributed by atoms with van der Waals surface area (Å²) < 4.78 is 30.9. The Hall–Kier alpha value is -6.39. The van der Waals surface area contributed by atoms with Gasteiger partial charge in [-0.05, 0) is 78.1 Å². The molecule has 17 heteroatoms. The van der Waals surface area contributed by atoms with E-state index in [1.54, 1.807) is 0 Å². The number of aryl methyl sites for hydroxylation is 2. The normalized spacial score (nSPS) is 10.9. The second-order valence-corrected chi connectivity index (χ2v) is 9.49. The molecule has 0 bridgehead atoms. The molecule has 0 aliphatic rings. The zero-order chi connectivity index (χ0) is 32.2. The van der Waals surface area contributed by atoms with E-state index in [1.165, 1.54) is 18.3 Å². The van der Waals surface area contributed by atoms with E-state index in [1.807, 2.05) is 0 Å². The average molecular weight is 619 g/mol. The van der Waals surface area contributed by atoms with Crippen LogP contribution in [0.4, 0.5) is 20.2 Å². The minimum atomic E-state index is -1.51. The molecule has 5 rings (SSSR count). The predicted octanol–water partition coefficient (Wildman–Crippen LogP) is 2.97. The number of rotatable bonds is 10. The fraction of sp³-hybridized carbons (Fsp3) is 0.107. The fourth-order valence-corrected chi connectivity index (χ4v) is 4.31. The highest BCUT2D eigenvalue weighted by molar-refractivity contribution is 6.07. The lowest BCUT2D eigenvalue weighted by atomic mass is 9.99. The van der Waals surface area contributed by atoms with E-state index in [0.29, 0.717) is 5.52 Å². The third-order valence-corrected chi connectivity index (χ3v) is 6.51. The lowest BCUT2D eigenvalue weighted by Gasteiger charge is -2.13. The molecule has 2 amide bonds. The molecule has 0 aliphatic carbocycles. The number of carbonyl (C=O) groups excluding carboxylic acids is 2. The Kier molecular flexibility index (Phi) is 8.33. The first-order chi connectivity index (χ1) is 21.5. The summed E-state index contributed by atoms with van der Waals surface area (Å²) in [6.07, 6.45) is 1.43. The molecule has 5 N–H and O–H groups in total. The van der Waals surface area contributed by atoms with Gasteiger partial charge in [0.15, 0.2) is 11.4 Å². The minimum Gasteiger partial charge on any atom is -0.492 e. The van der Waals surface area contributed by atoms with E-state index < -0.39 is 52.4 Å². The van der Waals surface area contributed by atoms with Crippen LogP contribution in [-0.4, -0.2) is 69.3 Å². The highest BCUT2D eigenvalue weighted by atomic mass is 19.1. The van der Waals surface area contributed by atoms with Crippen LogP contribution in [0.1, 0.15) is 59.2 Å². The molecule has 15 nitrogen and oxygen atoms in total. The number of carbonyl (C=O) groups is 4. The van der Waals surface area contributed by atoms with Crippen molar-refractivity contribution in [2.45, 2.75) is 19.3 Å². The summed E-state index contributed by atoms with van der Waals surface area (Å²) >= 11 is 0. The maximum absolute atomic E-state index is 14.9. The molecule has 0 radical (unpaired) electrons. The zero-order valence-corrected chi connectivity index (χ0v) is 22.7. The fourth-order valence-electron chi connectivity index (χ4n) is 4.31. The number of halogens is 2. The molecule has 0 spiro atoms. The number of carboxylic acid groups (broad SMARTS) is 2. The van der Waals surface area contributed by atoms with Crippen LogP contribution in [0, 0.1) is 11.6 Å². The molecule has 3 aromatic heterocycles. The number of aromatic nitrogens is 6. The Bertz CT molecular complexity index is 1980. The SMILES string of the molecule is O=C(Nc1cc(CCCc2cc(NC(=O)c3ccc4cnnn4n3)c(C(=O)O)cc2F)c(F)cc1C(=O)O)c1ccc(O)nn1. The summed E-state index contributed by atoms with van der Waals surface area (Å²) in [5.41, 5.74) is -1.33.